The maximum atomic E-state index is 13.7. The highest BCUT2D eigenvalue weighted by Gasteiger charge is 2.16. The molecule has 0 amide bonds. The van der Waals surface area contributed by atoms with Crippen LogP contribution < -0.4 is 4.74 Å². The van der Waals surface area contributed by atoms with Gasteiger partial charge in [0.25, 0.3) is 0 Å². The van der Waals surface area contributed by atoms with Gasteiger partial charge in [0.1, 0.15) is 17.2 Å². The van der Waals surface area contributed by atoms with Crippen LogP contribution in [0.1, 0.15) is 37.7 Å². The van der Waals surface area contributed by atoms with Crippen molar-refractivity contribution in [2.45, 2.75) is 54.9 Å². The summed E-state index contributed by atoms with van der Waals surface area (Å²) < 4.78 is 21.7. The lowest BCUT2D eigenvalue weighted by Crippen LogP contribution is -2.23. The monoisotopic (exact) mass is 560 g/mol. The molecule has 39 heavy (non-hydrogen) atoms. The molecule has 0 radical (unpaired) electrons. The molecular weight excluding hydrogens is 527 g/mol. The lowest BCUT2D eigenvalue weighted by Gasteiger charge is -2.23. The summed E-state index contributed by atoms with van der Waals surface area (Å²) in [5, 5.41) is 6.16. The van der Waals surface area contributed by atoms with Gasteiger partial charge in [0, 0.05) is 27.9 Å². The third-order valence-electron chi connectivity index (χ3n) is 5.91. The highest BCUT2D eigenvalue weighted by molar-refractivity contribution is 7.99. The zero-order valence-corrected chi connectivity index (χ0v) is 24.4. The SMILES string of the molecule is Cn1nc(CCl)cc1CCc1cc(OC(C)(C)C)c2ccc(F)cc2c1.c1ccc(Sc2ccccc2)cc1. The van der Waals surface area contributed by atoms with Crippen molar-refractivity contribution in [3.63, 3.8) is 0 Å². The number of benzene rings is 4. The highest BCUT2D eigenvalue weighted by Crippen LogP contribution is 2.32. The van der Waals surface area contributed by atoms with Crippen molar-refractivity contribution in [3.05, 3.63) is 120 Å². The molecule has 0 aliphatic carbocycles. The quantitative estimate of drug-likeness (QED) is 0.186. The minimum Gasteiger partial charge on any atom is -0.488 e. The first-order valence-electron chi connectivity index (χ1n) is 13.0. The molecule has 0 atom stereocenters. The molecule has 1 aromatic heterocycles. The van der Waals surface area contributed by atoms with Gasteiger partial charge in [-0.15, -0.1) is 11.6 Å². The molecule has 5 aromatic rings. The maximum Gasteiger partial charge on any atom is 0.128 e. The first-order valence-corrected chi connectivity index (χ1v) is 14.3. The number of nitrogens with zero attached hydrogens (tertiary/aromatic N) is 2. The third-order valence-corrected chi connectivity index (χ3v) is 7.20. The molecule has 0 saturated carbocycles. The summed E-state index contributed by atoms with van der Waals surface area (Å²) in [4.78, 5) is 2.57. The van der Waals surface area contributed by atoms with Crippen LogP contribution in [0.2, 0.25) is 0 Å². The zero-order chi connectivity index (χ0) is 27.8. The first-order chi connectivity index (χ1) is 18.7. The van der Waals surface area contributed by atoms with Crippen LogP contribution in [0.4, 0.5) is 4.39 Å². The fraction of sp³-hybridized carbons (Fsp3) is 0.242. The molecule has 4 aromatic carbocycles. The van der Waals surface area contributed by atoms with Crippen molar-refractivity contribution in [3.8, 4) is 5.75 Å². The van der Waals surface area contributed by atoms with Crippen molar-refractivity contribution in [2.75, 3.05) is 0 Å². The summed E-state index contributed by atoms with van der Waals surface area (Å²) in [6, 6.07) is 31.7. The van der Waals surface area contributed by atoms with Gasteiger partial charge in [0.15, 0.2) is 0 Å². The average Bonchev–Trinajstić information content (AvgIpc) is 3.27. The van der Waals surface area contributed by atoms with Crippen molar-refractivity contribution in [1.29, 1.82) is 0 Å². The fourth-order valence-electron chi connectivity index (χ4n) is 4.18. The molecule has 0 saturated heterocycles. The van der Waals surface area contributed by atoms with Gasteiger partial charge in [0.2, 0.25) is 0 Å². The third kappa shape index (κ3) is 8.61. The number of alkyl halides is 1. The van der Waals surface area contributed by atoms with Gasteiger partial charge in [0.05, 0.1) is 11.6 Å². The number of hydrogen-bond donors (Lipinski definition) is 0. The van der Waals surface area contributed by atoms with Gasteiger partial charge in [-0.1, -0.05) is 54.2 Å². The van der Waals surface area contributed by atoms with E-state index in [1.165, 1.54) is 15.9 Å². The Morgan fingerprint density at radius 3 is 2.05 bits per heavy atom. The predicted molar refractivity (Wildman–Crippen MR) is 161 cm³/mol. The van der Waals surface area contributed by atoms with Crippen LogP contribution in [-0.2, 0) is 25.8 Å². The number of ether oxygens (including phenoxy) is 1. The Morgan fingerprint density at radius 1 is 0.846 bits per heavy atom. The van der Waals surface area contributed by atoms with E-state index in [1.54, 1.807) is 23.9 Å². The van der Waals surface area contributed by atoms with Crippen LogP contribution in [-0.4, -0.2) is 15.4 Å². The van der Waals surface area contributed by atoms with Crippen molar-refractivity contribution < 1.29 is 9.13 Å². The molecule has 0 fully saturated rings. The van der Waals surface area contributed by atoms with Gasteiger partial charge in [-0.3, -0.25) is 4.68 Å². The summed E-state index contributed by atoms with van der Waals surface area (Å²) in [5.41, 5.74) is 2.78. The van der Waals surface area contributed by atoms with E-state index in [-0.39, 0.29) is 11.4 Å². The van der Waals surface area contributed by atoms with E-state index in [9.17, 15) is 4.39 Å². The molecule has 0 aliphatic rings. The lowest BCUT2D eigenvalue weighted by molar-refractivity contribution is 0.133. The predicted octanol–water partition coefficient (Wildman–Crippen LogP) is 9.25. The van der Waals surface area contributed by atoms with E-state index in [0.29, 0.717) is 5.88 Å². The van der Waals surface area contributed by atoms with E-state index in [2.05, 4.69) is 59.7 Å². The van der Waals surface area contributed by atoms with E-state index in [1.807, 2.05) is 56.8 Å². The molecule has 0 N–H and O–H groups in total. The summed E-state index contributed by atoms with van der Waals surface area (Å²) in [7, 11) is 1.93. The van der Waals surface area contributed by atoms with Crippen LogP contribution in [0.15, 0.2) is 107 Å². The molecule has 5 rings (SSSR count). The Morgan fingerprint density at radius 2 is 1.49 bits per heavy atom. The molecular formula is C33H34ClFN2OS. The lowest BCUT2D eigenvalue weighted by atomic mass is 10.0. The second-order valence-electron chi connectivity index (χ2n) is 10.3. The fourth-order valence-corrected chi connectivity index (χ4v) is 5.17. The van der Waals surface area contributed by atoms with Gasteiger partial charge in [-0.05, 0) is 99.2 Å². The van der Waals surface area contributed by atoms with Crippen molar-refractivity contribution in [2.24, 2.45) is 7.05 Å². The maximum absolute atomic E-state index is 13.7. The molecule has 0 aliphatic heterocycles. The Balaban J connectivity index is 0.000000226. The number of rotatable bonds is 7. The van der Waals surface area contributed by atoms with E-state index in [4.69, 9.17) is 16.3 Å². The largest absolute Gasteiger partial charge is 0.488 e. The van der Waals surface area contributed by atoms with Crippen molar-refractivity contribution in [1.82, 2.24) is 9.78 Å². The minimum atomic E-state index is -0.322. The molecule has 1 heterocycles. The Hall–Kier alpha value is -3.28. The summed E-state index contributed by atoms with van der Waals surface area (Å²) in [5.74, 6) is 0.957. The van der Waals surface area contributed by atoms with E-state index >= 15 is 0 Å². The van der Waals surface area contributed by atoms with Crippen LogP contribution in [0.25, 0.3) is 10.8 Å². The van der Waals surface area contributed by atoms with E-state index < -0.39 is 0 Å². The number of aryl methyl sites for hydroxylation is 3. The number of halogens is 2. The standard InChI is InChI=1S/C21H24ClFN2O.C12H10S/c1-21(2,3)26-20-10-14(9-15-11-16(23)6-8-19(15)20)5-7-18-12-17(13-22)24-25(18)4;1-3-7-11(8-4-1)13-12-9-5-2-6-10-12/h6,8-12H,5,7,13H2,1-4H3;1-10H. The Bertz CT molecular complexity index is 1460. The zero-order valence-electron chi connectivity index (χ0n) is 22.8. The summed E-state index contributed by atoms with van der Waals surface area (Å²) in [6.45, 7) is 6.04. The first kappa shape index (κ1) is 28.7. The van der Waals surface area contributed by atoms with Crippen LogP contribution in [0, 0.1) is 5.82 Å². The highest BCUT2D eigenvalue weighted by atomic mass is 35.5. The van der Waals surface area contributed by atoms with Gasteiger partial charge >= 0.3 is 0 Å². The number of fused-ring (bicyclic) bond motifs is 1. The van der Waals surface area contributed by atoms with Gasteiger partial charge < -0.3 is 4.74 Å². The molecule has 0 spiro atoms. The molecule has 0 bridgehead atoms. The van der Waals surface area contributed by atoms with Crippen LogP contribution in [0.5, 0.6) is 5.75 Å². The normalized spacial score (nSPS) is 11.2. The summed E-state index contributed by atoms with van der Waals surface area (Å²) >= 11 is 7.65. The van der Waals surface area contributed by atoms with E-state index in [0.717, 1.165) is 46.3 Å². The second-order valence-corrected chi connectivity index (χ2v) is 11.7. The number of aromatic nitrogens is 2. The van der Waals surface area contributed by atoms with Gasteiger partial charge in [-0.25, -0.2) is 4.39 Å². The smallest absolute Gasteiger partial charge is 0.128 e. The molecule has 3 nitrogen and oxygen atoms in total. The molecule has 6 heteroatoms. The Kier molecular flexibility index (Phi) is 9.71. The molecule has 0 unspecified atom stereocenters. The topological polar surface area (TPSA) is 27.1 Å². The second kappa shape index (κ2) is 13.2. The number of hydrogen-bond acceptors (Lipinski definition) is 3. The minimum absolute atomic E-state index is 0.241. The van der Waals surface area contributed by atoms with Crippen LogP contribution in [0.3, 0.4) is 0 Å². The average molecular weight is 561 g/mol. The van der Waals surface area contributed by atoms with Crippen LogP contribution >= 0.6 is 23.4 Å². The summed E-state index contributed by atoms with van der Waals surface area (Å²) in [6.07, 6.45) is 1.64. The molecule has 202 valence electrons. The van der Waals surface area contributed by atoms with Gasteiger partial charge in [-0.2, -0.15) is 5.10 Å². The van der Waals surface area contributed by atoms with Crippen molar-refractivity contribution >= 4 is 34.1 Å². The Labute approximate surface area is 240 Å².